The van der Waals surface area contributed by atoms with Gasteiger partial charge in [-0.1, -0.05) is 43.2 Å². The van der Waals surface area contributed by atoms with E-state index in [9.17, 15) is 9.90 Å². The summed E-state index contributed by atoms with van der Waals surface area (Å²) in [7, 11) is 0. The van der Waals surface area contributed by atoms with E-state index in [1.807, 2.05) is 26.0 Å². The van der Waals surface area contributed by atoms with Crippen molar-refractivity contribution < 1.29 is 9.90 Å². The molecular formula is C18H24O2. The molecule has 108 valence electrons. The van der Waals surface area contributed by atoms with Crippen LogP contribution < -0.4 is 0 Å². The number of rotatable bonds is 3. The third-order valence-electron chi connectivity index (χ3n) is 3.96. The van der Waals surface area contributed by atoms with Crippen LogP contribution in [0.15, 0.2) is 29.8 Å². The van der Waals surface area contributed by atoms with E-state index >= 15 is 0 Å². The highest BCUT2D eigenvalue weighted by molar-refractivity contribution is 5.91. The summed E-state index contributed by atoms with van der Waals surface area (Å²) in [6.45, 7) is 8.30. The summed E-state index contributed by atoms with van der Waals surface area (Å²) in [5.74, 6) is 0.184. The Hall–Kier alpha value is -1.41. The van der Waals surface area contributed by atoms with Crippen LogP contribution in [0.5, 0.6) is 0 Å². The van der Waals surface area contributed by atoms with Gasteiger partial charge in [0.2, 0.25) is 0 Å². The number of carbonyl (C=O) groups excluding carboxylic acids is 1. The first-order valence-electron chi connectivity index (χ1n) is 7.24. The minimum absolute atomic E-state index is 0.0171. The molecule has 1 aliphatic rings. The van der Waals surface area contributed by atoms with Gasteiger partial charge < -0.3 is 5.11 Å². The molecule has 1 aromatic carbocycles. The summed E-state index contributed by atoms with van der Waals surface area (Å²) in [6, 6.07) is 6.10. The van der Waals surface area contributed by atoms with Crippen LogP contribution in [0.2, 0.25) is 0 Å². The first kappa shape index (κ1) is 15.0. The molecule has 1 atom stereocenters. The lowest BCUT2D eigenvalue weighted by Crippen LogP contribution is -2.22. The molecule has 2 nitrogen and oxygen atoms in total. The fourth-order valence-electron chi connectivity index (χ4n) is 3.17. The van der Waals surface area contributed by atoms with E-state index in [-0.39, 0.29) is 11.2 Å². The van der Waals surface area contributed by atoms with Gasteiger partial charge in [-0.2, -0.15) is 0 Å². The summed E-state index contributed by atoms with van der Waals surface area (Å²) in [5, 5.41) is 10.4. The minimum Gasteiger partial charge on any atom is -0.388 e. The van der Waals surface area contributed by atoms with E-state index in [0.29, 0.717) is 12.8 Å². The van der Waals surface area contributed by atoms with Crippen LogP contribution in [-0.2, 0) is 4.79 Å². The second kappa shape index (κ2) is 5.53. The number of allylic oxidation sites excluding steroid dienone is 1. The molecule has 0 saturated heterocycles. The van der Waals surface area contributed by atoms with Crippen molar-refractivity contribution in [3.63, 3.8) is 0 Å². The maximum absolute atomic E-state index is 11.8. The molecule has 0 heterocycles. The molecule has 0 saturated carbocycles. The van der Waals surface area contributed by atoms with Gasteiger partial charge in [-0.25, -0.2) is 0 Å². The van der Waals surface area contributed by atoms with Crippen molar-refractivity contribution in [2.24, 2.45) is 5.41 Å². The third-order valence-corrected chi connectivity index (χ3v) is 3.96. The van der Waals surface area contributed by atoms with Gasteiger partial charge in [-0.05, 0) is 49.3 Å². The number of benzene rings is 1. The van der Waals surface area contributed by atoms with E-state index in [1.165, 1.54) is 5.56 Å². The Balaban J connectivity index is 2.15. The molecule has 20 heavy (non-hydrogen) atoms. The molecule has 2 rings (SSSR count). The molecule has 0 aliphatic heterocycles. The fraction of sp³-hybridized carbons (Fsp3) is 0.500. The van der Waals surface area contributed by atoms with Gasteiger partial charge in [0.25, 0.3) is 0 Å². The zero-order chi connectivity index (χ0) is 14.9. The van der Waals surface area contributed by atoms with Crippen LogP contribution in [0.1, 0.15) is 55.9 Å². The Morgan fingerprint density at radius 1 is 1.25 bits per heavy atom. The number of aryl methyl sites for hydroxylation is 2. The smallest absolute Gasteiger partial charge is 0.156 e. The molecule has 0 radical (unpaired) electrons. The van der Waals surface area contributed by atoms with Crippen LogP contribution in [-0.4, -0.2) is 10.9 Å². The van der Waals surface area contributed by atoms with Gasteiger partial charge in [0.15, 0.2) is 5.78 Å². The van der Waals surface area contributed by atoms with Gasteiger partial charge in [-0.15, -0.1) is 0 Å². The molecule has 0 aromatic heterocycles. The van der Waals surface area contributed by atoms with Crippen molar-refractivity contribution in [3.05, 3.63) is 46.5 Å². The zero-order valence-corrected chi connectivity index (χ0v) is 12.9. The molecular weight excluding hydrogens is 248 g/mol. The average Bonchev–Trinajstić information content (AvgIpc) is 2.25. The highest BCUT2D eigenvalue weighted by Crippen LogP contribution is 2.37. The van der Waals surface area contributed by atoms with Crippen LogP contribution in [0.4, 0.5) is 0 Å². The summed E-state index contributed by atoms with van der Waals surface area (Å²) in [5.41, 5.74) is 4.36. The molecule has 0 fully saturated rings. The maximum Gasteiger partial charge on any atom is 0.156 e. The second-order valence-corrected chi connectivity index (χ2v) is 6.87. The quantitative estimate of drug-likeness (QED) is 0.901. The van der Waals surface area contributed by atoms with Crippen molar-refractivity contribution in [2.75, 3.05) is 0 Å². The molecule has 1 aromatic rings. The lowest BCUT2D eigenvalue weighted by molar-refractivity contribution is -0.117. The average molecular weight is 272 g/mol. The molecule has 2 heteroatoms. The lowest BCUT2D eigenvalue weighted by Gasteiger charge is -2.30. The number of hydrogen-bond acceptors (Lipinski definition) is 2. The molecule has 1 aliphatic carbocycles. The fourth-order valence-corrected chi connectivity index (χ4v) is 3.17. The van der Waals surface area contributed by atoms with E-state index in [1.54, 1.807) is 6.08 Å². The number of hydrogen-bond donors (Lipinski definition) is 1. The number of aliphatic hydroxyl groups is 1. The second-order valence-electron chi connectivity index (χ2n) is 6.87. The maximum atomic E-state index is 11.8. The Labute approximate surface area is 121 Å². The lowest BCUT2D eigenvalue weighted by atomic mass is 9.75. The predicted molar refractivity (Wildman–Crippen MR) is 81.6 cm³/mol. The first-order chi connectivity index (χ1) is 9.27. The van der Waals surface area contributed by atoms with Crippen LogP contribution in [0.25, 0.3) is 0 Å². The molecule has 0 spiro atoms. The Kier molecular flexibility index (Phi) is 4.14. The van der Waals surface area contributed by atoms with Gasteiger partial charge >= 0.3 is 0 Å². The van der Waals surface area contributed by atoms with E-state index in [4.69, 9.17) is 0 Å². The molecule has 0 amide bonds. The van der Waals surface area contributed by atoms with E-state index < -0.39 is 6.10 Å². The Morgan fingerprint density at radius 2 is 1.95 bits per heavy atom. The van der Waals surface area contributed by atoms with E-state index in [2.05, 4.69) is 19.9 Å². The van der Waals surface area contributed by atoms with Crippen LogP contribution in [0, 0.1) is 19.3 Å². The van der Waals surface area contributed by atoms with Gasteiger partial charge in [0, 0.05) is 6.42 Å². The normalized spacial score (nSPS) is 19.6. The van der Waals surface area contributed by atoms with Gasteiger partial charge in [0.1, 0.15) is 0 Å². The van der Waals surface area contributed by atoms with Crippen molar-refractivity contribution >= 4 is 5.78 Å². The largest absolute Gasteiger partial charge is 0.388 e. The van der Waals surface area contributed by atoms with Gasteiger partial charge in [0.05, 0.1) is 6.10 Å². The summed E-state index contributed by atoms with van der Waals surface area (Å²) < 4.78 is 0. The predicted octanol–water partition coefficient (Wildman–Crippen LogP) is 4.04. The summed E-state index contributed by atoms with van der Waals surface area (Å²) in [6.07, 6.45) is 3.26. The standard InChI is InChI=1S/C18H24O2/c1-12-5-6-16(13(2)7-12)17(20)9-14-8-15(19)11-18(3,4)10-14/h5-8,17,20H,9-11H2,1-4H3. The molecule has 0 bridgehead atoms. The topological polar surface area (TPSA) is 37.3 Å². The highest BCUT2D eigenvalue weighted by Gasteiger charge is 2.28. The number of ketones is 1. The molecule has 1 N–H and O–H groups in total. The van der Waals surface area contributed by atoms with Crippen molar-refractivity contribution in [1.82, 2.24) is 0 Å². The number of carbonyl (C=O) groups is 1. The van der Waals surface area contributed by atoms with E-state index in [0.717, 1.165) is 23.1 Å². The number of aliphatic hydroxyl groups excluding tert-OH is 1. The minimum atomic E-state index is -0.524. The monoisotopic (exact) mass is 272 g/mol. The summed E-state index contributed by atoms with van der Waals surface area (Å²) in [4.78, 5) is 11.8. The molecule has 1 unspecified atom stereocenters. The van der Waals surface area contributed by atoms with Crippen molar-refractivity contribution in [2.45, 2.75) is 53.1 Å². The Morgan fingerprint density at radius 3 is 2.55 bits per heavy atom. The third kappa shape index (κ3) is 3.57. The summed E-state index contributed by atoms with van der Waals surface area (Å²) >= 11 is 0. The van der Waals surface area contributed by atoms with Crippen molar-refractivity contribution in [1.29, 1.82) is 0 Å². The zero-order valence-electron chi connectivity index (χ0n) is 12.9. The SMILES string of the molecule is Cc1ccc(C(O)CC2=CC(=O)CC(C)(C)C2)c(C)c1. The highest BCUT2D eigenvalue weighted by atomic mass is 16.3. The Bertz CT molecular complexity index is 553. The first-order valence-corrected chi connectivity index (χ1v) is 7.24. The van der Waals surface area contributed by atoms with Crippen molar-refractivity contribution in [3.8, 4) is 0 Å². The van der Waals surface area contributed by atoms with Crippen LogP contribution in [0.3, 0.4) is 0 Å². The van der Waals surface area contributed by atoms with Gasteiger partial charge in [-0.3, -0.25) is 4.79 Å². The van der Waals surface area contributed by atoms with Crippen LogP contribution >= 0.6 is 0 Å².